The standard InChI is InChI=1S/C7H6N2OS/c1-9-3-2-5-6(7(9)10)8-4-11-5/h2-4H,1H3. The van der Waals surface area contributed by atoms with Gasteiger partial charge in [-0.3, -0.25) is 4.79 Å². The first-order valence-corrected chi connectivity index (χ1v) is 4.06. The van der Waals surface area contributed by atoms with E-state index in [0.29, 0.717) is 5.52 Å². The molecule has 0 N–H and O–H groups in total. The number of pyridine rings is 1. The lowest BCUT2D eigenvalue weighted by Crippen LogP contribution is -2.15. The highest BCUT2D eigenvalue weighted by molar-refractivity contribution is 7.16. The quantitative estimate of drug-likeness (QED) is 0.585. The molecule has 3 nitrogen and oxygen atoms in total. The van der Waals surface area contributed by atoms with Crippen molar-refractivity contribution in [1.82, 2.24) is 9.55 Å². The average Bonchev–Trinajstić information content (AvgIpc) is 2.45. The smallest absolute Gasteiger partial charge is 0.277 e. The van der Waals surface area contributed by atoms with Crippen molar-refractivity contribution in [3.63, 3.8) is 0 Å². The zero-order valence-corrected chi connectivity index (χ0v) is 6.76. The Labute approximate surface area is 66.9 Å². The van der Waals surface area contributed by atoms with E-state index in [4.69, 9.17) is 0 Å². The number of fused-ring (bicyclic) bond motifs is 1. The van der Waals surface area contributed by atoms with Crippen molar-refractivity contribution in [2.75, 3.05) is 0 Å². The molecule has 2 aromatic heterocycles. The number of hydrogen-bond donors (Lipinski definition) is 0. The molecule has 0 aliphatic carbocycles. The van der Waals surface area contributed by atoms with E-state index in [0.717, 1.165) is 4.70 Å². The van der Waals surface area contributed by atoms with Crippen LogP contribution in [0.15, 0.2) is 22.6 Å². The molecule has 0 aromatic carbocycles. The predicted molar refractivity (Wildman–Crippen MR) is 44.9 cm³/mol. The molecular formula is C7H6N2OS. The molecule has 0 unspecified atom stereocenters. The third kappa shape index (κ3) is 0.867. The number of aromatic nitrogens is 2. The van der Waals surface area contributed by atoms with Gasteiger partial charge in [0, 0.05) is 13.2 Å². The number of aryl methyl sites for hydroxylation is 1. The van der Waals surface area contributed by atoms with Crippen molar-refractivity contribution in [1.29, 1.82) is 0 Å². The fourth-order valence-electron chi connectivity index (χ4n) is 0.948. The molecule has 0 radical (unpaired) electrons. The molecule has 0 saturated carbocycles. The summed E-state index contributed by atoms with van der Waals surface area (Å²) < 4.78 is 2.48. The average molecular weight is 166 g/mol. The van der Waals surface area contributed by atoms with Gasteiger partial charge in [0.2, 0.25) is 0 Å². The molecule has 56 valence electrons. The van der Waals surface area contributed by atoms with Gasteiger partial charge in [-0.15, -0.1) is 11.3 Å². The van der Waals surface area contributed by atoms with E-state index in [1.807, 2.05) is 6.07 Å². The first-order chi connectivity index (χ1) is 5.29. The zero-order valence-electron chi connectivity index (χ0n) is 5.94. The Kier molecular flexibility index (Phi) is 1.29. The summed E-state index contributed by atoms with van der Waals surface area (Å²) in [5.41, 5.74) is 2.23. The van der Waals surface area contributed by atoms with E-state index in [1.165, 1.54) is 15.9 Å². The Morgan fingerprint density at radius 1 is 1.64 bits per heavy atom. The van der Waals surface area contributed by atoms with E-state index in [2.05, 4.69) is 4.98 Å². The van der Waals surface area contributed by atoms with Crippen LogP contribution in [0.2, 0.25) is 0 Å². The lowest BCUT2D eigenvalue weighted by molar-refractivity contribution is 0.870. The van der Waals surface area contributed by atoms with Crippen molar-refractivity contribution in [2.24, 2.45) is 7.05 Å². The number of hydrogen-bond acceptors (Lipinski definition) is 3. The van der Waals surface area contributed by atoms with Crippen LogP contribution >= 0.6 is 11.3 Å². The Bertz CT molecular complexity index is 443. The molecule has 0 spiro atoms. The fourth-order valence-corrected chi connectivity index (χ4v) is 1.61. The molecule has 0 fully saturated rings. The van der Waals surface area contributed by atoms with E-state index >= 15 is 0 Å². The summed E-state index contributed by atoms with van der Waals surface area (Å²) in [6.45, 7) is 0. The van der Waals surface area contributed by atoms with Crippen molar-refractivity contribution in [3.05, 3.63) is 28.1 Å². The zero-order chi connectivity index (χ0) is 7.84. The third-order valence-corrected chi connectivity index (χ3v) is 2.36. The Hall–Kier alpha value is -1.16. The maximum Gasteiger partial charge on any atom is 0.277 e. The van der Waals surface area contributed by atoms with Crippen molar-refractivity contribution in [3.8, 4) is 0 Å². The molecule has 0 bridgehead atoms. The normalized spacial score (nSPS) is 10.6. The maximum atomic E-state index is 11.3. The van der Waals surface area contributed by atoms with Crippen molar-refractivity contribution < 1.29 is 0 Å². The monoisotopic (exact) mass is 166 g/mol. The van der Waals surface area contributed by atoms with Gasteiger partial charge in [0.1, 0.15) is 5.52 Å². The van der Waals surface area contributed by atoms with Crippen LogP contribution in [-0.2, 0) is 7.05 Å². The minimum atomic E-state index is -0.0243. The molecule has 2 aromatic rings. The summed E-state index contributed by atoms with van der Waals surface area (Å²) in [5, 5.41) is 0. The fraction of sp³-hybridized carbons (Fsp3) is 0.143. The molecule has 0 aliphatic heterocycles. The molecule has 2 rings (SSSR count). The van der Waals surface area contributed by atoms with Gasteiger partial charge in [0.15, 0.2) is 0 Å². The summed E-state index contributed by atoms with van der Waals surface area (Å²) in [4.78, 5) is 15.3. The summed E-state index contributed by atoms with van der Waals surface area (Å²) in [6, 6.07) is 1.90. The number of rotatable bonds is 0. The molecule has 0 saturated heterocycles. The van der Waals surface area contributed by atoms with Crippen molar-refractivity contribution >= 4 is 21.6 Å². The van der Waals surface area contributed by atoms with Crippen LogP contribution < -0.4 is 5.56 Å². The number of nitrogens with zero attached hydrogens (tertiary/aromatic N) is 2. The summed E-state index contributed by atoms with van der Waals surface area (Å²) >= 11 is 1.49. The topological polar surface area (TPSA) is 34.9 Å². The molecular weight excluding hydrogens is 160 g/mol. The van der Waals surface area contributed by atoms with Crippen LogP contribution in [-0.4, -0.2) is 9.55 Å². The summed E-state index contributed by atoms with van der Waals surface area (Å²) in [7, 11) is 1.72. The summed E-state index contributed by atoms with van der Waals surface area (Å²) in [6.07, 6.45) is 1.75. The Morgan fingerprint density at radius 3 is 3.27 bits per heavy atom. The van der Waals surface area contributed by atoms with Crippen LogP contribution in [0.1, 0.15) is 0 Å². The highest BCUT2D eigenvalue weighted by Gasteiger charge is 2.00. The largest absolute Gasteiger partial charge is 0.317 e. The lowest BCUT2D eigenvalue weighted by atomic mass is 10.4. The van der Waals surface area contributed by atoms with E-state index in [9.17, 15) is 4.79 Å². The van der Waals surface area contributed by atoms with Gasteiger partial charge in [-0.05, 0) is 6.07 Å². The predicted octanol–water partition coefficient (Wildman–Crippen LogP) is 0.995. The summed E-state index contributed by atoms with van der Waals surface area (Å²) in [5.74, 6) is 0. The van der Waals surface area contributed by atoms with Gasteiger partial charge in [0.25, 0.3) is 5.56 Å². The SMILES string of the molecule is Cn1ccc2scnc2c1=O. The number of thiazole rings is 1. The van der Waals surface area contributed by atoms with Crippen LogP contribution in [0.4, 0.5) is 0 Å². The van der Waals surface area contributed by atoms with Gasteiger partial charge in [-0.2, -0.15) is 0 Å². The third-order valence-electron chi connectivity index (χ3n) is 1.57. The second-order valence-corrected chi connectivity index (χ2v) is 3.18. The van der Waals surface area contributed by atoms with Crippen LogP contribution in [0.5, 0.6) is 0 Å². The second-order valence-electron chi connectivity index (χ2n) is 2.30. The van der Waals surface area contributed by atoms with Crippen LogP contribution in [0.3, 0.4) is 0 Å². The van der Waals surface area contributed by atoms with Gasteiger partial charge < -0.3 is 4.57 Å². The van der Waals surface area contributed by atoms with Gasteiger partial charge in [-0.25, -0.2) is 4.98 Å². The van der Waals surface area contributed by atoms with E-state index in [-0.39, 0.29) is 5.56 Å². The molecule has 4 heteroatoms. The van der Waals surface area contributed by atoms with Crippen LogP contribution in [0.25, 0.3) is 10.2 Å². The minimum absolute atomic E-state index is 0.0243. The molecule has 0 amide bonds. The Balaban J connectivity index is 3.05. The highest BCUT2D eigenvalue weighted by Crippen LogP contribution is 2.11. The van der Waals surface area contributed by atoms with Gasteiger partial charge in [0.05, 0.1) is 10.2 Å². The Morgan fingerprint density at radius 2 is 2.45 bits per heavy atom. The highest BCUT2D eigenvalue weighted by atomic mass is 32.1. The molecule has 11 heavy (non-hydrogen) atoms. The molecule has 0 atom stereocenters. The lowest BCUT2D eigenvalue weighted by Gasteiger charge is -1.92. The first kappa shape index (κ1) is 6.54. The van der Waals surface area contributed by atoms with Crippen molar-refractivity contribution in [2.45, 2.75) is 0 Å². The maximum absolute atomic E-state index is 11.3. The minimum Gasteiger partial charge on any atom is -0.317 e. The van der Waals surface area contributed by atoms with E-state index in [1.54, 1.807) is 18.8 Å². The second kappa shape index (κ2) is 2.17. The molecule has 0 aliphatic rings. The first-order valence-electron chi connectivity index (χ1n) is 3.18. The van der Waals surface area contributed by atoms with Crippen LogP contribution in [0, 0.1) is 0 Å². The van der Waals surface area contributed by atoms with Gasteiger partial charge >= 0.3 is 0 Å². The molecule has 2 heterocycles. The van der Waals surface area contributed by atoms with E-state index < -0.39 is 0 Å². The van der Waals surface area contributed by atoms with Gasteiger partial charge in [-0.1, -0.05) is 0 Å².